The van der Waals surface area contributed by atoms with Gasteiger partial charge in [0, 0.05) is 12.8 Å². The lowest BCUT2D eigenvalue weighted by atomic mass is 10.2. The van der Waals surface area contributed by atoms with E-state index in [1.807, 2.05) is 0 Å². The van der Waals surface area contributed by atoms with Crippen molar-refractivity contribution in [2.45, 2.75) is 25.4 Å². The first-order valence-corrected chi connectivity index (χ1v) is 2.99. The highest BCUT2D eigenvalue weighted by atomic mass is 19.4. The van der Waals surface area contributed by atoms with Crippen LogP contribution in [0.5, 0.6) is 0 Å². The Morgan fingerprint density at radius 1 is 1.45 bits per heavy atom. The maximum Gasteiger partial charge on any atom is 0.389 e. The van der Waals surface area contributed by atoms with Gasteiger partial charge in [0.1, 0.15) is 5.84 Å². The Morgan fingerprint density at radius 2 is 2.00 bits per heavy atom. The Bertz CT molecular complexity index is 143. The quantitative estimate of drug-likeness (QED) is 0.291. The third kappa shape index (κ3) is 6.95. The van der Waals surface area contributed by atoms with Crippen molar-refractivity contribution < 1.29 is 18.4 Å². The van der Waals surface area contributed by atoms with Crippen LogP contribution < -0.4 is 5.73 Å². The number of nitrogens with zero attached hydrogens (tertiary/aromatic N) is 1. The molecule has 0 bridgehead atoms. The van der Waals surface area contributed by atoms with E-state index in [1.54, 1.807) is 0 Å². The van der Waals surface area contributed by atoms with Crippen LogP contribution in [0.1, 0.15) is 19.3 Å². The van der Waals surface area contributed by atoms with Crippen molar-refractivity contribution in [1.29, 1.82) is 0 Å². The van der Waals surface area contributed by atoms with Crippen molar-refractivity contribution in [3.8, 4) is 0 Å². The molecule has 66 valence electrons. The molecule has 0 saturated heterocycles. The maximum absolute atomic E-state index is 11.5. The highest BCUT2D eigenvalue weighted by Crippen LogP contribution is 2.21. The van der Waals surface area contributed by atoms with Crippen molar-refractivity contribution in [1.82, 2.24) is 0 Å². The van der Waals surface area contributed by atoms with Crippen molar-refractivity contribution >= 4 is 5.84 Å². The predicted octanol–water partition coefficient (Wildman–Crippen LogP) is 1.47. The van der Waals surface area contributed by atoms with Gasteiger partial charge in [0.05, 0.1) is 0 Å². The van der Waals surface area contributed by atoms with Gasteiger partial charge < -0.3 is 10.9 Å². The van der Waals surface area contributed by atoms with Crippen LogP contribution >= 0.6 is 0 Å². The van der Waals surface area contributed by atoms with E-state index in [0.29, 0.717) is 0 Å². The Hall–Kier alpha value is -0.940. The molecular formula is C5H9F3N2O. The average molecular weight is 170 g/mol. The minimum absolute atomic E-state index is 0.0317. The van der Waals surface area contributed by atoms with Gasteiger partial charge in [-0.1, -0.05) is 5.16 Å². The van der Waals surface area contributed by atoms with E-state index < -0.39 is 12.6 Å². The molecule has 0 spiro atoms. The number of rotatable bonds is 3. The molecule has 11 heavy (non-hydrogen) atoms. The largest absolute Gasteiger partial charge is 0.409 e. The number of hydrogen-bond donors (Lipinski definition) is 2. The third-order valence-corrected chi connectivity index (χ3v) is 1.02. The number of nitrogens with two attached hydrogens (primary N) is 1. The summed E-state index contributed by atoms with van der Waals surface area (Å²) in [6, 6.07) is 0. The number of oxime groups is 1. The van der Waals surface area contributed by atoms with Crippen LogP contribution in [-0.4, -0.2) is 17.2 Å². The molecule has 0 radical (unpaired) electrons. The lowest BCUT2D eigenvalue weighted by molar-refractivity contribution is -0.135. The molecule has 0 aliphatic carbocycles. The summed E-state index contributed by atoms with van der Waals surface area (Å²) in [7, 11) is 0. The van der Waals surface area contributed by atoms with Crippen LogP contribution in [-0.2, 0) is 0 Å². The zero-order valence-corrected chi connectivity index (χ0v) is 5.73. The minimum Gasteiger partial charge on any atom is -0.409 e. The number of alkyl halides is 3. The second-order valence-electron chi connectivity index (χ2n) is 2.06. The Labute approximate surface area is 61.7 Å². The molecule has 3 nitrogen and oxygen atoms in total. The molecular weight excluding hydrogens is 161 g/mol. The van der Waals surface area contributed by atoms with Gasteiger partial charge in [0.15, 0.2) is 0 Å². The van der Waals surface area contributed by atoms with Crippen molar-refractivity contribution in [3.05, 3.63) is 0 Å². The van der Waals surface area contributed by atoms with Crippen LogP contribution in [0.4, 0.5) is 13.2 Å². The van der Waals surface area contributed by atoms with E-state index in [9.17, 15) is 13.2 Å². The van der Waals surface area contributed by atoms with Gasteiger partial charge in [-0.25, -0.2) is 0 Å². The van der Waals surface area contributed by atoms with Crippen molar-refractivity contribution in [3.63, 3.8) is 0 Å². The first-order chi connectivity index (χ1) is 4.95. The molecule has 0 aromatic heterocycles. The first kappa shape index (κ1) is 10.1. The summed E-state index contributed by atoms with van der Waals surface area (Å²) < 4.78 is 34.4. The van der Waals surface area contributed by atoms with Crippen molar-refractivity contribution in [2.24, 2.45) is 10.9 Å². The second-order valence-corrected chi connectivity index (χ2v) is 2.06. The number of amidine groups is 1. The third-order valence-electron chi connectivity index (χ3n) is 1.02. The van der Waals surface area contributed by atoms with Gasteiger partial charge >= 0.3 is 6.18 Å². The molecule has 0 saturated carbocycles. The Morgan fingerprint density at radius 3 is 2.36 bits per heavy atom. The van der Waals surface area contributed by atoms with Crippen molar-refractivity contribution in [2.75, 3.05) is 0 Å². The highest BCUT2D eigenvalue weighted by Gasteiger charge is 2.26. The predicted molar refractivity (Wildman–Crippen MR) is 33.3 cm³/mol. The molecule has 0 aliphatic heterocycles. The first-order valence-electron chi connectivity index (χ1n) is 2.99. The number of hydrogen-bond acceptors (Lipinski definition) is 2. The minimum atomic E-state index is -4.16. The van der Waals surface area contributed by atoms with E-state index in [2.05, 4.69) is 5.16 Å². The number of halogens is 3. The topological polar surface area (TPSA) is 58.6 Å². The lowest BCUT2D eigenvalue weighted by Gasteiger charge is -2.03. The zero-order chi connectivity index (χ0) is 8.91. The molecule has 0 amide bonds. The molecule has 0 aromatic rings. The van der Waals surface area contributed by atoms with Gasteiger partial charge in [-0.15, -0.1) is 0 Å². The monoisotopic (exact) mass is 170 g/mol. The van der Waals surface area contributed by atoms with Gasteiger partial charge in [-0.3, -0.25) is 0 Å². The van der Waals surface area contributed by atoms with E-state index >= 15 is 0 Å². The molecule has 0 heterocycles. The summed E-state index contributed by atoms with van der Waals surface area (Å²) in [5, 5.41) is 10.5. The molecule has 0 aromatic carbocycles. The smallest absolute Gasteiger partial charge is 0.389 e. The molecule has 0 fully saturated rings. The fourth-order valence-corrected chi connectivity index (χ4v) is 0.520. The SMILES string of the molecule is N/C(CCCC(F)(F)F)=N/O. The van der Waals surface area contributed by atoms with Crippen LogP contribution in [0, 0.1) is 0 Å². The van der Waals surface area contributed by atoms with Gasteiger partial charge in [-0.05, 0) is 6.42 Å². The van der Waals surface area contributed by atoms with Crippen LogP contribution in [0.2, 0.25) is 0 Å². The molecule has 0 aliphatic rings. The summed E-state index contributed by atoms with van der Waals surface area (Å²) >= 11 is 0. The second kappa shape index (κ2) is 4.05. The molecule has 6 heteroatoms. The molecule has 0 rings (SSSR count). The van der Waals surface area contributed by atoms with Crippen LogP contribution in [0.3, 0.4) is 0 Å². The van der Waals surface area contributed by atoms with Gasteiger partial charge in [0.25, 0.3) is 0 Å². The normalized spacial score (nSPS) is 13.5. The maximum atomic E-state index is 11.5. The van der Waals surface area contributed by atoms with Gasteiger partial charge in [-0.2, -0.15) is 13.2 Å². The summed E-state index contributed by atoms with van der Waals surface area (Å²) in [4.78, 5) is 0. The molecule has 0 atom stereocenters. The average Bonchev–Trinajstić information content (AvgIpc) is 1.85. The zero-order valence-electron chi connectivity index (χ0n) is 5.73. The van der Waals surface area contributed by atoms with Crippen LogP contribution in [0.15, 0.2) is 5.16 Å². The summed E-state index contributed by atoms with van der Waals surface area (Å²) in [6.45, 7) is 0. The van der Waals surface area contributed by atoms with E-state index in [0.717, 1.165) is 0 Å². The summed E-state index contributed by atoms with van der Waals surface area (Å²) in [6.07, 6.45) is -5.23. The van der Waals surface area contributed by atoms with Crippen LogP contribution in [0.25, 0.3) is 0 Å². The highest BCUT2D eigenvalue weighted by molar-refractivity contribution is 5.79. The Kier molecular flexibility index (Phi) is 3.70. The standard InChI is InChI=1S/C5H9F3N2O/c6-5(7,8)3-1-2-4(9)10-11/h11H,1-3H2,(H2,9,10). The van der Waals surface area contributed by atoms with Gasteiger partial charge in [0.2, 0.25) is 0 Å². The molecule has 0 unspecified atom stereocenters. The Balaban J connectivity index is 3.43. The summed E-state index contributed by atoms with van der Waals surface area (Å²) in [5.41, 5.74) is 4.93. The fourth-order valence-electron chi connectivity index (χ4n) is 0.520. The van der Waals surface area contributed by atoms with E-state index in [1.165, 1.54) is 0 Å². The fraction of sp³-hybridized carbons (Fsp3) is 0.800. The molecule has 3 N–H and O–H groups in total. The van der Waals surface area contributed by atoms with E-state index in [-0.39, 0.29) is 18.7 Å². The van der Waals surface area contributed by atoms with E-state index in [4.69, 9.17) is 10.9 Å². The summed E-state index contributed by atoms with van der Waals surface area (Å²) in [5.74, 6) is -0.172. The lowest BCUT2D eigenvalue weighted by Crippen LogP contribution is -2.13.